The normalized spacial score (nSPS) is 12.7. The molecule has 3 nitrogen and oxygen atoms in total. The summed E-state index contributed by atoms with van der Waals surface area (Å²) in [5.41, 5.74) is 10.2. The number of benzene rings is 1. The molecule has 2 rings (SSSR count). The Kier molecular flexibility index (Phi) is 4.48. The molecule has 0 saturated carbocycles. The second-order valence-electron chi connectivity index (χ2n) is 4.85. The smallest absolute Gasteiger partial charge is 0.0743 e. The van der Waals surface area contributed by atoms with Crippen molar-refractivity contribution in [3.8, 4) is 5.69 Å². The zero-order chi connectivity index (χ0) is 14.2. The molecule has 0 aliphatic rings. The Morgan fingerprint density at radius 2 is 2.00 bits per heavy atom. The molecule has 0 amide bonds. The average Bonchev–Trinajstić information content (AvgIpc) is 2.59. The van der Waals surface area contributed by atoms with E-state index < -0.39 is 0 Å². The minimum absolute atomic E-state index is 0.157. The number of nitrogens with two attached hydrogens (primary N) is 1. The van der Waals surface area contributed by atoms with Gasteiger partial charge in [-0.1, -0.05) is 22.0 Å². The van der Waals surface area contributed by atoms with E-state index in [4.69, 9.17) is 5.73 Å². The molecule has 5 heteroatoms. The van der Waals surface area contributed by atoms with Crippen LogP contribution in [0.5, 0.6) is 0 Å². The first-order valence-electron chi connectivity index (χ1n) is 6.16. The van der Waals surface area contributed by atoms with Gasteiger partial charge in [-0.15, -0.1) is 0 Å². The van der Waals surface area contributed by atoms with E-state index in [1.54, 1.807) is 0 Å². The van der Waals surface area contributed by atoms with Gasteiger partial charge in [0, 0.05) is 10.5 Å². The molecule has 0 fully saturated rings. The van der Waals surface area contributed by atoms with Crippen molar-refractivity contribution in [1.82, 2.24) is 9.78 Å². The van der Waals surface area contributed by atoms with Crippen molar-refractivity contribution in [2.24, 2.45) is 5.73 Å². The molecule has 19 heavy (non-hydrogen) atoms. The Bertz CT molecular complexity index is 603. The van der Waals surface area contributed by atoms with Crippen molar-refractivity contribution in [2.45, 2.75) is 33.2 Å². The average molecular weight is 387 g/mol. The first kappa shape index (κ1) is 14.8. The van der Waals surface area contributed by atoms with Crippen molar-refractivity contribution in [1.29, 1.82) is 0 Å². The van der Waals surface area contributed by atoms with Gasteiger partial charge in [0.05, 0.1) is 21.5 Å². The zero-order valence-electron chi connectivity index (χ0n) is 11.2. The molecule has 0 aliphatic heterocycles. The molecule has 0 aliphatic carbocycles. The van der Waals surface area contributed by atoms with E-state index in [0.717, 1.165) is 32.4 Å². The number of nitrogens with zero attached hydrogens (tertiary/aromatic N) is 2. The SMILES string of the molecule is Cc1nn(-c2ccc(CC(C)N)c(Br)c2)c(C)c1Br. The van der Waals surface area contributed by atoms with Crippen LogP contribution >= 0.6 is 31.9 Å². The fourth-order valence-corrected chi connectivity index (χ4v) is 2.83. The monoisotopic (exact) mass is 385 g/mol. The lowest BCUT2D eigenvalue weighted by molar-refractivity contribution is 0.735. The molecule has 1 aromatic heterocycles. The van der Waals surface area contributed by atoms with E-state index >= 15 is 0 Å². The molecule has 0 radical (unpaired) electrons. The van der Waals surface area contributed by atoms with E-state index in [2.05, 4.69) is 55.2 Å². The van der Waals surface area contributed by atoms with Crippen molar-refractivity contribution in [3.05, 3.63) is 44.1 Å². The molecule has 102 valence electrons. The maximum Gasteiger partial charge on any atom is 0.0743 e. The van der Waals surface area contributed by atoms with Gasteiger partial charge in [0.15, 0.2) is 0 Å². The van der Waals surface area contributed by atoms with Crippen LogP contribution in [0.1, 0.15) is 23.9 Å². The predicted octanol–water partition coefficient (Wildman–Crippen LogP) is 3.90. The second kappa shape index (κ2) is 5.77. The van der Waals surface area contributed by atoms with Gasteiger partial charge in [-0.25, -0.2) is 4.68 Å². The molecule has 1 atom stereocenters. The molecule has 1 heterocycles. The summed E-state index contributed by atoms with van der Waals surface area (Å²) in [6.07, 6.45) is 0.863. The summed E-state index contributed by atoms with van der Waals surface area (Å²) in [6.45, 7) is 6.05. The highest BCUT2D eigenvalue weighted by Gasteiger charge is 2.11. The number of hydrogen-bond donors (Lipinski definition) is 1. The van der Waals surface area contributed by atoms with Gasteiger partial charge in [-0.3, -0.25) is 0 Å². The largest absolute Gasteiger partial charge is 0.328 e. The van der Waals surface area contributed by atoms with Gasteiger partial charge in [0.2, 0.25) is 0 Å². The molecule has 2 N–H and O–H groups in total. The van der Waals surface area contributed by atoms with Gasteiger partial charge in [-0.2, -0.15) is 5.10 Å². The Morgan fingerprint density at radius 1 is 1.32 bits per heavy atom. The molecule has 1 unspecified atom stereocenters. The van der Waals surface area contributed by atoms with Crippen LogP contribution in [-0.4, -0.2) is 15.8 Å². The Labute approximate surface area is 130 Å². The quantitative estimate of drug-likeness (QED) is 0.869. The summed E-state index contributed by atoms with van der Waals surface area (Å²) < 4.78 is 4.08. The number of hydrogen-bond acceptors (Lipinski definition) is 2. The van der Waals surface area contributed by atoms with Gasteiger partial charge in [0.25, 0.3) is 0 Å². The summed E-state index contributed by atoms with van der Waals surface area (Å²) in [6, 6.07) is 6.43. The zero-order valence-corrected chi connectivity index (χ0v) is 14.4. The highest BCUT2D eigenvalue weighted by Crippen LogP contribution is 2.26. The standard InChI is InChI=1S/C14H17Br2N3/c1-8(17)6-11-4-5-12(7-13(11)15)19-10(3)14(16)9(2)18-19/h4-5,7-8H,6,17H2,1-3H3. The van der Waals surface area contributed by atoms with Gasteiger partial charge in [-0.05, 0) is 60.8 Å². The van der Waals surface area contributed by atoms with Crippen LogP contribution in [0.4, 0.5) is 0 Å². The van der Waals surface area contributed by atoms with Crippen LogP contribution in [0.2, 0.25) is 0 Å². The van der Waals surface area contributed by atoms with Crippen LogP contribution in [0.25, 0.3) is 5.69 Å². The molecule has 2 aromatic rings. The first-order chi connectivity index (χ1) is 8.90. The number of aryl methyl sites for hydroxylation is 1. The van der Waals surface area contributed by atoms with Crippen LogP contribution in [-0.2, 0) is 6.42 Å². The number of halogens is 2. The van der Waals surface area contributed by atoms with Crippen LogP contribution in [0.3, 0.4) is 0 Å². The molecular formula is C14H17Br2N3. The number of aromatic nitrogens is 2. The first-order valence-corrected chi connectivity index (χ1v) is 7.75. The summed E-state index contributed by atoms with van der Waals surface area (Å²) >= 11 is 7.17. The molecule has 0 bridgehead atoms. The summed E-state index contributed by atoms with van der Waals surface area (Å²) in [7, 11) is 0. The van der Waals surface area contributed by atoms with Crippen molar-refractivity contribution >= 4 is 31.9 Å². The highest BCUT2D eigenvalue weighted by atomic mass is 79.9. The van der Waals surface area contributed by atoms with Gasteiger partial charge >= 0.3 is 0 Å². The van der Waals surface area contributed by atoms with Crippen molar-refractivity contribution < 1.29 is 0 Å². The third kappa shape index (κ3) is 3.09. The topological polar surface area (TPSA) is 43.8 Å². The number of rotatable bonds is 3. The maximum absolute atomic E-state index is 5.85. The van der Waals surface area contributed by atoms with Gasteiger partial charge in [0.1, 0.15) is 0 Å². The lowest BCUT2D eigenvalue weighted by atomic mass is 10.1. The van der Waals surface area contributed by atoms with Crippen molar-refractivity contribution in [2.75, 3.05) is 0 Å². The molecule has 1 aromatic carbocycles. The third-order valence-electron chi connectivity index (χ3n) is 3.03. The molecular weight excluding hydrogens is 370 g/mol. The van der Waals surface area contributed by atoms with E-state index in [1.165, 1.54) is 5.56 Å². The van der Waals surface area contributed by atoms with Crippen LogP contribution < -0.4 is 5.73 Å². The highest BCUT2D eigenvalue weighted by molar-refractivity contribution is 9.10. The Hall–Kier alpha value is -0.650. The van der Waals surface area contributed by atoms with Crippen molar-refractivity contribution in [3.63, 3.8) is 0 Å². The predicted molar refractivity (Wildman–Crippen MR) is 85.8 cm³/mol. The van der Waals surface area contributed by atoms with E-state index in [0.29, 0.717) is 0 Å². The Balaban J connectivity index is 2.41. The van der Waals surface area contributed by atoms with Crippen LogP contribution in [0.15, 0.2) is 27.1 Å². The fraction of sp³-hybridized carbons (Fsp3) is 0.357. The van der Waals surface area contributed by atoms with E-state index in [-0.39, 0.29) is 6.04 Å². The fourth-order valence-electron chi connectivity index (χ4n) is 2.06. The summed E-state index contributed by atoms with van der Waals surface area (Å²) in [5.74, 6) is 0. The lowest BCUT2D eigenvalue weighted by Crippen LogP contribution is -2.18. The van der Waals surface area contributed by atoms with Gasteiger partial charge < -0.3 is 5.73 Å². The second-order valence-corrected chi connectivity index (χ2v) is 6.50. The van der Waals surface area contributed by atoms with Crippen LogP contribution in [0, 0.1) is 13.8 Å². The minimum Gasteiger partial charge on any atom is -0.328 e. The summed E-state index contributed by atoms with van der Waals surface area (Å²) in [5, 5.41) is 4.54. The molecule has 0 saturated heterocycles. The Morgan fingerprint density at radius 3 is 2.47 bits per heavy atom. The molecule has 0 spiro atoms. The summed E-state index contributed by atoms with van der Waals surface area (Å²) in [4.78, 5) is 0. The van der Waals surface area contributed by atoms with E-state index in [9.17, 15) is 0 Å². The minimum atomic E-state index is 0.157. The lowest BCUT2D eigenvalue weighted by Gasteiger charge is -2.10. The maximum atomic E-state index is 5.85. The van der Waals surface area contributed by atoms with E-state index in [1.807, 2.05) is 25.5 Å². The third-order valence-corrected chi connectivity index (χ3v) is 4.91.